The number of imidazole rings is 1. The Bertz CT molecular complexity index is 1470. The maximum Gasteiger partial charge on any atom is 0.251 e. The number of aryl methyl sites for hydroxylation is 3. The van der Waals surface area contributed by atoms with E-state index in [1.54, 1.807) is 12.1 Å². The third-order valence-electron chi connectivity index (χ3n) is 7.35. The smallest absolute Gasteiger partial charge is 0.251 e. The van der Waals surface area contributed by atoms with Crippen LogP contribution in [-0.4, -0.2) is 49.9 Å². The molecular formula is C34H43N3O5. The van der Waals surface area contributed by atoms with E-state index >= 15 is 0 Å². The van der Waals surface area contributed by atoms with Crippen molar-refractivity contribution in [3.8, 4) is 23.0 Å². The highest BCUT2D eigenvalue weighted by Crippen LogP contribution is 2.38. The molecule has 1 amide bonds. The first-order valence-corrected chi connectivity index (χ1v) is 14.6. The van der Waals surface area contributed by atoms with Crippen LogP contribution in [0.3, 0.4) is 0 Å². The molecule has 0 aliphatic heterocycles. The van der Waals surface area contributed by atoms with E-state index < -0.39 is 0 Å². The Morgan fingerprint density at radius 1 is 0.905 bits per heavy atom. The van der Waals surface area contributed by atoms with Gasteiger partial charge in [-0.1, -0.05) is 38.1 Å². The first-order chi connectivity index (χ1) is 20.4. The zero-order valence-corrected chi connectivity index (χ0v) is 25.7. The Morgan fingerprint density at radius 3 is 2.33 bits per heavy atom. The summed E-state index contributed by atoms with van der Waals surface area (Å²) >= 11 is 0. The molecule has 0 spiro atoms. The topological polar surface area (TPSA) is 83.8 Å². The number of hydrogen-bond acceptors (Lipinski definition) is 6. The molecule has 42 heavy (non-hydrogen) atoms. The predicted octanol–water partition coefficient (Wildman–Crippen LogP) is 6.72. The third kappa shape index (κ3) is 7.35. The fraction of sp³-hybridized carbons (Fsp3) is 0.412. The zero-order valence-electron chi connectivity index (χ0n) is 25.7. The van der Waals surface area contributed by atoms with Crippen molar-refractivity contribution in [2.24, 2.45) is 0 Å². The van der Waals surface area contributed by atoms with E-state index in [0.717, 1.165) is 54.8 Å². The van der Waals surface area contributed by atoms with Gasteiger partial charge < -0.3 is 28.8 Å². The highest BCUT2D eigenvalue weighted by molar-refractivity contribution is 5.95. The van der Waals surface area contributed by atoms with Crippen molar-refractivity contribution < 1.29 is 23.7 Å². The Morgan fingerprint density at radius 2 is 1.64 bits per heavy atom. The standard InChI is InChI=1S/C34H43N3O5/c1-23(2)26-16-15-24(3)20-29(26)42-19-10-9-18-37-28-13-8-7-12-27(28)36-32(37)14-11-17-35-34(38)25-21-30(39-4)33(41-6)31(22-25)40-5/h7-8,12-13,15-16,20-23H,9-11,14,17-19H2,1-6H3,(H,35,38). The van der Waals surface area contributed by atoms with Crippen LogP contribution >= 0.6 is 0 Å². The van der Waals surface area contributed by atoms with E-state index in [2.05, 4.69) is 67.1 Å². The maximum absolute atomic E-state index is 12.9. The number of carbonyl (C=O) groups is 1. The molecule has 0 saturated heterocycles. The van der Waals surface area contributed by atoms with E-state index in [1.807, 2.05) is 6.07 Å². The summed E-state index contributed by atoms with van der Waals surface area (Å²) < 4.78 is 24.6. The summed E-state index contributed by atoms with van der Waals surface area (Å²) in [5.41, 5.74) is 5.04. The summed E-state index contributed by atoms with van der Waals surface area (Å²) in [5, 5.41) is 3.01. The van der Waals surface area contributed by atoms with Crippen LogP contribution in [0, 0.1) is 6.92 Å². The van der Waals surface area contributed by atoms with Crippen LogP contribution in [-0.2, 0) is 13.0 Å². The first kappa shape index (κ1) is 30.8. The number of nitrogens with zero attached hydrogens (tertiary/aromatic N) is 2. The average molecular weight is 574 g/mol. The Hall–Kier alpha value is -4.20. The number of amides is 1. The lowest BCUT2D eigenvalue weighted by atomic mass is 10.0. The molecule has 0 unspecified atom stereocenters. The van der Waals surface area contributed by atoms with Gasteiger partial charge in [0, 0.05) is 25.1 Å². The van der Waals surface area contributed by atoms with Crippen molar-refractivity contribution in [3.05, 3.63) is 77.1 Å². The van der Waals surface area contributed by atoms with Gasteiger partial charge in [-0.25, -0.2) is 4.98 Å². The highest BCUT2D eigenvalue weighted by Gasteiger charge is 2.17. The van der Waals surface area contributed by atoms with Crippen molar-refractivity contribution in [1.29, 1.82) is 0 Å². The minimum Gasteiger partial charge on any atom is -0.493 e. The van der Waals surface area contributed by atoms with Crippen LogP contribution in [0.5, 0.6) is 23.0 Å². The van der Waals surface area contributed by atoms with Crippen molar-refractivity contribution >= 4 is 16.9 Å². The normalized spacial score (nSPS) is 11.1. The van der Waals surface area contributed by atoms with Crippen LogP contribution < -0.4 is 24.3 Å². The lowest BCUT2D eigenvalue weighted by Crippen LogP contribution is -2.25. The van der Waals surface area contributed by atoms with E-state index in [-0.39, 0.29) is 5.91 Å². The van der Waals surface area contributed by atoms with E-state index in [4.69, 9.17) is 23.9 Å². The van der Waals surface area contributed by atoms with Gasteiger partial charge in [-0.2, -0.15) is 0 Å². The first-order valence-electron chi connectivity index (χ1n) is 14.6. The minimum atomic E-state index is -0.197. The molecular weight excluding hydrogens is 530 g/mol. The summed E-state index contributed by atoms with van der Waals surface area (Å²) in [4.78, 5) is 17.8. The van der Waals surface area contributed by atoms with E-state index in [1.165, 1.54) is 32.5 Å². The number of para-hydroxylation sites is 2. The second-order valence-corrected chi connectivity index (χ2v) is 10.7. The summed E-state index contributed by atoms with van der Waals surface area (Å²) in [6.07, 6.45) is 3.44. The van der Waals surface area contributed by atoms with Crippen LogP contribution in [0.25, 0.3) is 11.0 Å². The van der Waals surface area contributed by atoms with Crippen molar-refractivity contribution in [2.45, 2.75) is 58.9 Å². The van der Waals surface area contributed by atoms with Crippen molar-refractivity contribution in [2.75, 3.05) is 34.5 Å². The third-order valence-corrected chi connectivity index (χ3v) is 7.35. The van der Waals surface area contributed by atoms with Crippen molar-refractivity contribution in [3.63, 3.8) is 0 Å². The van der Waals surface area contributed by atoms with Gasteiger partial charge in [0.05, 0.1) is 39.0 Å². The fourth-order valence-corrected chi connectivity index (χ4v) is 5.13. The summed E-state index contributed by atoms with van der Waals surface area (Å²) in [7, 11) is 4.60. The lowest BCUT2D eigenvalue weighted by Gasteiger charge is -2.15. The molecule has 0 aliphatic carbocycles. The predicted molar refractivity (Wildman–Crippen MR) is 166 cm³/mol. The molecule has 1 heterocycles. The van der Waals surface area contributed by atoms with E-state index in [9.17, 15) is 4.79 Å². The number of rotatable bonds is 15. The number of methoxy groups -OCH3 is 3. The molecule has 0 atom stereocenters. The number of carbonyl (C=O) groups excluding carboxylic acids is 1. The minimum absolute atomic E-state index is 0.197. The number of hydrogen-bond donors (Lipinski definition) is 1. The van der Waals surface area contributed by atoms with Gasteiger partial charge in [0.1, 0.15) is 11.6 Å². The second-order valence-electron chi connectivity index (χ2n) is 10.7. The lowest BCUT2D eigenvalue weighted by molar-refractivity contribution is 0.0952. The molecule has 0 saturated carbocycles. The molecule has 3 aromatic carbocycles. The quantitative estimate of drug-likeness (QED) is 0.159. The van der Waals surface area contributed by atoms with Gasteiger partial charge in [0.2, 0.25) is 5.75 Å². The summed E-state index contributed by atoms with van der Waals surface area (Å²) in [6, 6.07) is 18.0. The number of benzene rings is 3. The molecule has 4 aromatic rings. The Kier molecular flexibility index (Phi) is 10.7. The molecule has 1 N–H and O–H groups in total. The van der Waals surface area contributed by atoms with Crippen LogP contribution in [0.15, 0.2) is 54.6 Å². The SMILES string of the molecule is COc1cc(C(=O)NCCCc2nc3ccccc3n2CCCCOc2cc(C)ccc2C(C)C)cc(OC)c1OC. The summed E-state index contributed by atoms with van der Waals surface area (Å²) in [6.45, 7) is 8.55. The van der Waals surface area contributed by atoms with Crippen LogP contribution in [0.4, 0.5) is 0 Å². The maximum atomic E-state index is 12.9. The van der Waals surface area contributed by atoms with Crippen LogP contribution in [0.2, 0.25) is 0 Å². The largest absolute Gasteiger partial charge is 0.493 e. The fourth-order valence-electron chi connectivity index (χ4n) is 5.13. The molecule has 224 valence electrons. The Labute approximate surface area is 249 Å². The summed E-state index contributed by atoms with van der Waals surface area (Å²) in [5.74, 6) is 3.59. The second kappa shape index (κ2) is 14.6. The number of ether oxygens (including phenoxy) is 4. The van der Waals surface area contributed by atoms with Crippen LogP contribution in [0.1, 0.15) is 66.3 Å². The monoisotopic (exact) mass is 573 g/mol. The number of unbranched alkanes of at least 4 members (excludes halogenated alkanes) is 1. The van der Waals surface area contributed by atoms with Gasteiger partial charge in [0.25, 0.3) is 5.91 Å². The number of aromatic nitrogens is 2. The molecule has 4 rings (SSSR count). The number of nitrogens with one attached hydrogen (secondary N) is 1. The number of fused-ring (bicyclic) bond motifs is 1. The van der Waals surface area contributed by atoms with Gasteiger partial charge >= 0.3 is 0 Å². The van der Waals surface area contributed by atoms with Gasteiger partial charge in [-0.3, -0.25) is 4.79 Å². The average Bonchev–Trinajstić information content (AvgIpc) is 3.35. The van der Waals surface area contributed by atoms with Gasteiger partial charge in [0.15, 0.2) is 11.5 Å². The molecule has 0 aliphatic rings. The Balaban J connectivity index is 1.33. The van der Waals surface area contributed by atoms with Crippen molar-refractivity contribution in [1.82, 2.24) is 14.9 Å². The molecule has 0 bridgehead atoms. The highest BCUT2D eigenvalue weighted by atomic mass is 16.5. The molecule has 0 radical (unpaired) electrons. The molecule has 1 aromatic heterocycles. The molecule has 0 fully saturated rings. The van der Waals surface area contributed by atoms with Gasteiger partial charge in [-0.05, 0) is 73.6 Å². The molecule has 8 heteroatoms. The van der Waals surface area contributed by atoms with E-state index in [0.29, 0.717) is 41.9 Å². The molecule has 8 nitrogen and oxygen atoms in total. The zero-order chi connectivity index (χ0) is 30.1. The van der Waals surface area contributed by atoms with Gasteiger partial charge in [-0.15, -0.1) is 0 Å².